The first-order valence-corrected chi connectivity index (χ1v) is 6.20. The average Bonchev–Trinajstić information content (AvgIpc) is 2.77. The zero-order valence-corrected chi connectivity index (χ0v) is 11.0. The molecule has 0 saturated carbocycles. The second-order valence-electron chi connectivity index (χ2n) is 4.16. The van der Waals surface area contributed by atoms with Gasteiger partial charge in [-0.2, -0.15) is 0 Å². The van der Waals surface area contributed by atoms with Crippen molar-refractivity contribution in [1.82, 2.24) is 0 Å². The number of nitro benzene ring substituents is 1. The molecule has 1 fully saturated rings. The Bertz CT molecular complexity index is 506. The van der Waals surface area contributed by atoms with Gasteiger partial charge in [0.2, 0.25) is 0 Å². The first-order chi connectivity index (χ1) is 8.49. The van der Waals surface area contributed by atoms with E-state index in [0.717, 1.165) is 4.47 Å². The number of carboxylic acids is 1. The number of anilines is 1. The van der Waals surface area contributed by atoms with E-state index >= 15 is 0 Å². The van der Waals surface area contributed by atoms with E-state index in [9.17, 15) is 14.9 Å². The van der Waals surface area contributed by atoms with Crippen molar-refractivity contribution >= 4 is 33.3 Å². The van der Waals surface area contributed by atoms with Gasteiger partial charge in [0.05, 0.1) is 10.8 Å². The van der Waals surface area contributed by atoms with Gasteiger partial charge in [-0.25, -0.2) is 0 Å². The molecule has 1 heterocycles. The predicted octanol–water partition coefficient (Wildman–Crippen LogP) is 2.27. The molecule has 0 aromatic heterocycles. The van der Waals surface area contributed by atoms with E-state index in [0.29, 0.717) is 25.2 Å². The molecule has 0 bridgehead atoms. The molecule has 1 aromatic rings. The second kappa shape index (κ2) is 4.93. The Labute approximate surface area is 111 Å². The maximum Gasteiger partial charge on any atom is 0.308 e. The van der Waals surface area contributed by atoms with Gasteiger partial charge in [-0.05, 0) is 18.6 Å². The van der Waals surface area contributed by atoms with Gasteiger partial charge in [0, 0.05) is 23.6 Å². The highest BCUT2D eigenvalue weighted by Gasteiger charge is 2.31. The molecular formula is C11H11BrN2O4. The van der Waals surface area contributed by atoms with Gasteiger partial charge in [-0.15, -0.1) is 0 Å². The van der Waals surface area contributed by atoms with E-state index in [1.54, 1.807) is 17.0 Å². The fraction of sp³-hybridized carbons (Fsp3) is 0.364. The number of benzene rings is 1. The Balaban J connectivity index is 2.31. The summed E-state index contributed by atoms with van der Waals surface area (Å²) in [6.45, 7) is 0.834. The number of aliphatic carboxylic acids is 1. The Morgan fingerprint density at radius 3 is 2.83 bits per heavy atom. The second-order valence-corrected chi connectivity index (χ2v) is 5.08. The smallest absolute Gasteiger partial charge is 0.308 e. The number of halogens is 1. The molecule has 2 rings (SSSR count). The Kier molecular flexibility index (Phi) is 3.51. The molecule has 0 spiro atoms. The molecule has 7 heteroatoms. The zero-order chi connectivity index (χ0) is 13.3. The fourth-order valence-corrected chi connectivity index (χ4v) is 2.43. The van der Waals surface area contributed by atoms with E-state index in [4.69, 9.17) is 5.11 Å². The van der Waals surface area contributed by atoms with Crippen LogP contribution in [0.5, 0.6) is 0 Å². The van der Waals surface area contributed by atoms with Gasteiger partial charge < -0.3 is 10.0 Å². The molecule has 96 valence electrons. The monoisotopic (exact) mass is 314 g/mol. The van der Waals surface area contributed by atoms with Crippen molar-refractivity contribution < 1.29 is 14.8 Å². The van der Waals surface area contributed by atoms with Crippen LogP contribution in [0.15, 0.2) is 22.7 Å². The van der Waals surface area contributed by atoms with Gasteiger partial charge in [-0.1, -0.05) is 15.9 Å². The first-order valence-electron chi connectivity index (χ1n) is 5.40. The zero-order valence-electron chi connectivity index (χ0n) is 9.38. The molecular weight excluding hydrogens is 304 g/mol. The van der Waals surface area contributed by atoms with E-state index in [-0.39, 0.29) is 5.69 Å². The molecule has 1 aliphatic rings. The molecule has 1 saturated heterocycles. The Morgan fingerprint density at radius 2 is 2.28 bits per heavy atom. The lowest BCUT2D eigenvalue weighted by Crippen LogP contribution is -2.23. The van der Waals surface area contributed by atoms with Crippen LogP contribution in [-0.4, -0.2) is 29.1 Å². The fourth-order valence-electron chi connectivity index (χ4n) is 2.08. The van der Waals surface area contributed by atoms with Crippen molar-refractivity contribution in [2.45, 2.75) is 6.42 Å². The first kappa shape index (κ1) is 12.8. The molecule has 18 heavy (non-hydrogen) atoms. The highest BCUT2D eigenvalue weighted by molar-refractivity contribution is 9.10. The highest BCUT2D eigenvalue weighted by Crippen LogP contribution is 2.34. The molecule has 1 unspecified atom stereocenters. The van der Waals surface area contributed by atoms with Crippen LogP contribution in [0.2, 0.25) is 0 Å². The summed E-state index contributed by atoms with van der Waals surface area (Å²) >= 11 is 3.27. The normalized spacial score (nSPS) is 18.9. The molecule has 1 atom stereocenters. The van der Waals surface area contributed by atoms with E-state index < -0.39 is 16.8 Å². The maximum absolute atomic E-state index is 11.0. The summed E-state index contributed by atoms with van der Waals surface area (Å²) in [4.78, 5) is 23.1. The minimum Gasteiger partial charge on any atom is -0.481 e. The van der Waals surface area contributed by atoms with Gasteiger partial charge >= 0.3 is 5.97 Å². The van der Waals surface area contributed by atoms with Crippen molar-refractivity contribution in [3.8, 4) is 0 Å². The number of nitrogens with zero attached hydrogens (tertiary/aromatic N) is 2. The topological polar surface area (TPSA) is 83.7 Å². The minimum absolute atomic E-state index is 0.00392. The van der Waals surface area contributed by atoms with Crippen LogP contribution >= 0.6 is 15.9 Å². The summed E-state index contributed by atoms with van der Waals surface area (Å²) in [5, 5.41) is 19.9. The molecule has 1 aromatic carbocycles. The van der Waals surface area contributed by atoms with Crippen LogP contribution in [0, 0.1) is 16.0 Å². The summed E-state index contributed by atoms with van der Waals surface area (Å²) in [5.41, 5.74) is 0.474. The SMILES string of the molecule is O=C(O)C1CCN(c2cc(Br)ccc2[N+](=O)[O-])C1. The van der Waals surface area contributed by atoms with E-state index in [2.05, 4.69) is 15.9 Å². The van der Waals surface area contributed by atoms with Gasteiger partial charge in [0.15, 0.2) is 0 Å². The molecule has 6 nitrogen and oxygen atoms in total. The van der Waals surface area contributed by atoms with Crippen LogP contribution in [0.4, 0.5) is 11.4 Å². The standard InChI is InChI=1S/C11H11BrN2O4/c12-8-1-2-9(14(17)18)10(5-8)13-4-3-7(6-13)11(15)16/h1-2,5,7H,3-4,6H2,(H,15,16). The van der Waals surface area contributed by atoms with Crippen LogP contribution in [0.1, 0.15) is 6.42 Å². The number of hydrogen-bond donors (Lipinski definition) is 1. The summed E-state index contributed by atoms with van der Waals surface area (Å²) in [6.07, 6.45) is 0.513. The van der Waals surface area contributed by atoms with Crippen molar-refractivity contribution in [2.24, 2.45) is 5.92 Å². The molecule has 0 aliphatic carbocycles. The molecule has 1 N–H and O–H groups in total. The van der Waals surface area contributed by atoms with Gasteiger partial charge in [0.25, 0.3) is 5.69 Å². The molecule has 0 amide bonds. The number of hydrogen-bond acceptors (Lipinski definition) is 4. The average molecular weight is 315 g/mol. The molecule has 1 aliphatic heterocycles. The van der Waals surface area contributed by atoms with E-state index in [1.165, 1.54) is 6.07 Å². The third-order valence-corrected chi connectivity index (χ3v) is 3.51. The predicted molar refractivity (Wildman–Crippen MR) is 68.8 cm³/mol. The lowest BCUT2D eigenvalue weighted by atomic mass is 10.1. The Hall–Kier alpha value is -1.63. The third kappa shape index (κ3) is 2.45. The Morgan fingerprint density at radius 1 is 1.56 bits per heavy atom. The summed E-state index contributed by atoms with van der Waals surface area (Å²) in [6, 6.07) is 4.68. The van der Waals surface area contributed by atoms with Crippen LogP contribution in [0.3, 0.4) is 0 Å². The van der Waals surface area contributed by atoms with Gasteiger partial charge in [0.1, 0.15) is 5.69 Å². The summed E-state index contributed by atoms with van der Waals surface area (Å²) < 4.78 is 0.738. The summed E-state index contributed by atoms with van der Waals surface area (Å²) in [7, 11) is 0. The van der Waals surface area contributed by atoms with Gasteiger partial charge in [-0.3, -0.25) is 14.9 Å². The lowest BCUT2D eigenvalue weighted by molar-refractivity contribution is -0.384. The summed E-state index contributed by atoms with van der Waals surface area (Å²) in [5.74, 6) is -1.31. The number of carbonyl (C=O) groups is 1. The number of carboxylic acid groups (broad SMARTS) is 1. The lowest BCUT2D eigenvalue weighted by Gasteiger charge is -2.18. The quantitative estimate of drug-likeness (QED) is 0.683. The van der Waals surface area contributed by atoms with E-state index in [1.807, 2.05) is 0 Å². The highest BCUT2D eigenvalue weighted by atomic mass is 79.9. The van der Waals surface area contributed by atoms with Crippen LogP contribution in [0.25, 0.3) is 0 Å². The van der Waals surface area contributed by atoms with Crippen molar-refractivity contribution in [3.63, 3.8) is 0 Å². The number of rotatable bonds is 3. The van der Waals surface area contributed by atoms with Crippen molar-refractivity contribution in [1.29, 1.82) is 0 Å². The van der Waals surface area contributed by atoms with Crippen molar-refractivity contribution in [3.05, 3.63) is 32.8 Å². The van der Waals surface area contributed by atoms with Crippen LogP contribution in [-0.2, 0) is 4.79 Å². The maximum atomic E-state index is 11.0. The largest absolute Gasteiger partial charge is 0.481 e. The van der Waals surface area contributed by atoms with Crippen LogP contribution < -0.4 is 4.90 Å². The third-order valence-electron chi connectivity index (χ3n) is 3.01. The molecule has 0 radical (unpaired) electrons. The number of nitro groups is 1. The van der Waals surface area contributed by atoms with Crippen molar-refractivity contribution in [2.75, 3.05) is 18.0 Å². The minimum atomic E-state index is -0.852.